The van der Waals surface area contributed by atoms with Crippen molar-refractivity contribution < 1.29 is 46.9 Å². The molecule has 0 saturated carbocycles. The standard InChI is InChI=1S/C55H99IO10Si2/c1-20-68(21-2,22-3)66-53(38(5)28-30-47(57)40(7)52(62-17)39(6)32-33-56)43(10)54-42(9)50(61-16)36-49(60-15)41(8)48(59-14)35-45-25-23-24-44(63-45)34-46(65-67(18,19)55(11,12)13)29-26-37(4)27-31-51(58)64-54/h23-24,26-27,31-33,38-46,48-50,52-54H,20-22,25,28-30,34-36H2,1-19H3/b31-27+,33-32+,37-26+/t38-,39+,40-,41+,42-,43-,44-,45-,46-,48-,49-,50+,52+,53-,54-/m0/s1. The van der Waals surface area contributed by atoms with Crippen LogP contribution < -0.4 is 0 Å². The molecule has 10 nitrogen and oxygen atoms in total. The number of cyclic esters (lactones) is 1. The molecule has 13 heteroatoms. The Kier molecular flexibility index (Phi) is 28.1. The Morgan fingerprint density at radius 3 is 2.00 bits per heavy atom. The van der Waals surface area contributed by atoms with E-state index >= 15 is 0 Å². The van der Waals surface area contributed by atoms with Crippen molar-refractivity contribution in [2.75, 3.05) is 28.4 Å². The van der Waals surface area contributed by atoms with Gasteiger partial charge in [-0.15, -0.1) is 0 Å². The van der Waals surface area contributed by atoms with Crippen molar-refractivity contribution in [1.82, 2.24) is 0 Å². The number of methoxy groups -OCH3 is 4. The quantitative estimate of drug-likeness (QED) is 0.0477. The Bertz CT molecular complexity index is 1600. The molecule has 2 heterocycles. The maximum absolute atomic E-state index is 14.3. The molecule has 0 saturated heterocycles. The molecule has 0 aromatic heterocycles. The second-order valence-electron chi connectivity index (χ2n) is 22.0. The van der Waals surface area contributed by atoms with Crippen molar-refractivity contribution in [1.29, 1.82) is 0 Å². The van der Waals surface area contributed by atoms with Gasteiger partial charge in [-0.2, -0.15) is 0 Å². The van der Waals surface area contributed by atoms with E-state index < -0.39 is 28.7 Å². The van der Waals surface area contributed by atoms with Crippen LogP contribution in [0, 0.1) is 35.5 Å². The molecule has 0 aliphatic carbocycles. The van der Waals surface area contributed by atoms with Crippen LogP contribution >= 0.6 is 22.6 Å². The summed E-state index contributed by atoms with van der Waals surface area (Å²) in [4.78, 5) is 28.2. The predicted octanol–water partition coefficient (Wildman–Crippen LogP) is 13.6. The third-order valence-corrected chi connectivity index (χ3v) is 26.0. The minimum absolute atomic E-state index is 0.00265. The Morgan fingerprint density at radius 1 is 0.868 bits per heavy atom. The van der Waals surface area contributed by atoms with Gasteiger partial charge in [-0.3, -0.25) is 4.79 Å². The van der Waals surface area contributed by atoms with Crippen molar-refractivity contribution in [2.24, 2.45) is 35.5 Å². The molecular weight excluding hydrogens is 1000 g/mol. The van der Waals surface area contributed by atoms with Crippen LogP contribution in [-0.2, 0) is 46.9 Å². The second-order valence-corrected chi connectivity index (χ2v) is 32.2. The fraction of sp³-hybridized carbons (Fsp3) is 0.818. The van der Waals surface area contributed by atoms with Gasteiger partial charge in [0.05, 0.1) is 48.8 Å². The van der Waals surface area contributed by atoms with Gasteiger partial charge in [-0.05, 0) is 72.5 Å². The molecule has 394 valence electrons. The highest BCUT2D eigenvalue weighted by Crippen LogP contribution is 2.40. The molecule has 0 N–H and O–H groups in total. The average molecular weight is 1100 g/mol. The number of hydrogen-bond donors (Lipinski definition) is 0. The lowest BCUT2D eigenvalue weighted by atomic mass is 9.78. The molecule has 0 amide bonds. The molecule has 0 aromatic rings. The summed E-state index contributed by atoms with van der Waals surface area (Å²) in [5.41, 5.74) is 0.958. The van der Waals surface area contributed by atoms with E-state index in [1.807, 2.05) is 24.0 Å². The number of hydrogen-bond acceptors (Lipinski definition) is 10. The van der Waals surface area contributed by atoms with Crippen LogP contribution in [0.3, 0.4) is 0 Å². The Hall–Kier alpha value is -1.02. The SMILES string of the molecule is CC[Si](CC)(CC)O[C@H]([C@H](C)[C@H]1OC(=O)/C=C/C(C)=C/C[C@H](O[Si](C)(C)C(C)(C)C)C[C@@H]2C=CC[C@@H](C[C@H](OC)[C@@H](C)[C@@H](OC)C[C@@H](OC)[C@@H]1C)O2)[C@@H](C)CCC(=O)[C@H](C)[C@H](OC)[C@H](C)/C=C/I. The summed E-state index contributed by atoms with van der Waals surface area (Å²) in [5, 5.41) is 0.0418. The van der Waals surface area contributed by atoms with Crippen LogP contribution in [0.5, 0.6) is 0 Å². The largest absolute Gasteiger partial charge is 0.458 e. The summed E-state index contributed by atoms with van der Waals surface area (Å²) >= 11 is 2.22. The van der Waals surface area contributed by atoms with Crippen LogP contribution in [0.25, 0.3) is 0 Å². The van der Waals surface area contributed by atoms with E-state index in [0.717, 1.165) is 43.0 Å². The lowest BCUT2D eigenvalue weighted by molar-refractivity contribution is -0.158. The van der Waals surface area contributed by atoms with Crippen LogP contribution in [-0.4, -0.2) is 112 Å². The summed E-state index contributed by atoms with van der Waals surface area (Å²) in [6, 6.07) is 2.91. The lowest BCUT2D eigenvalue weighted by Gasteiger charge is -2.44. The van der Waals surface area contributed by atoms with Gasteiger partial charge in [-0.1, -0.05) is 142 Å². The smallest absolute Gasteiger partial charge is 0.331 e. The van der Waals surface area contributed by atoms with Gasteiger partial charge in [0.2, 0.25) is 0 Å². The molecule has 2 rings (SSSR count). The van der Waals surface area contributed by atoms with E-state index in [2.05, 4.69) is 136 Å². The van der Waals surface area contributed by atoms with Gasteiger partial charge in [-0.25, -0.2) is 4.79 Å². The summed E-state index contributed by atoms with van der Waals surface area (Å²) in [6.45, 7) is 33.0. The molecule has 2 aliphatic rings. The van der Waals surface area contributed by atoms with Crippen molar-refractivity contribution in [2.45, 2.75) is 226 Å². The van der Waals surface area contributed by atoms with Crippen LogP contribution in [0.15, 0.2) is 46.1 Å². The molecule has 15 atom stereocenters. The maximum atomic E-state index is 14.3. The highest BCUT2D eigenvalue weighted by Gasteiger charge is 2.45. The molecule has 68 heavy (non-hydrogen) atoms. The number of allylic oxidation sites excluding steroid dienone is 2. The number of esters is 1. The first kappa shape index (κ1) is 63.1. The summed E-state index contributed by atoms with van der Waals surface area (Å²) in [7, 11) is 2.64. The first-order chi connectivity index (χ1) is 31.9. The number of ketones is 1. The fourth-order valence-corrected chi connectivity index (χ4v) is 15.3. The van der Waals surface area contributed by atoms with E-state index in [9.17, 15) is 9.59 Å². The minimum Gasteiger partial charge on any atom is -0.458 e. The van der Waals surface area contributed by atoms with Crippen molar-refractivity contribution in [3.63, 3.8) is 0 Å². The third kappa shape index (κ3) is 18.8. The maximum Gasteiger partial charge on any atom is 0.331 e. The number of ether oxygens (including phenoxy) is 6. The van der Waals surface area contributed by atoms with E-state index in [4.69, 9.17) is 37.3 Å². The summed E-state index contributed by atoms with van der Waals surface area (Å²) in [6.07, 6.45) is 14.8. The number of carbonyl (C=O) groups excluding carboxylic acids is 2. The molecule has 2 aliphatic heterocycles. The summed E-state index contributed by atoms with van der Waals surface area (Å²) in [5.74, 6) is -0.897. The first-order valence-electron chi connectivity index (χ1n) is 26.1. The van der Waals surface area contributed by atoms with Crippen molar-refractivity contribution in [3.8, 4) is 0 Å². The molecular formula is C55H99IO10Si2. The minimum atomic E-state index is -2.20. The number of carbonyl (C=O) groups is 2. The van der Waals surface area contributed by atoms with Crippen LogP contribution in [0.4, 0.5) is 0 Å². The zero-order valence-corrected chi connectivity index (χ0v) is 50.4. The molecule has 0 radical (unpaired) electrons. The molecule has 2 bridgehead atoms. The monoisotopic (exact) mass is 1100 g/mol. The topological polar surface area (TPSA) is 108 Å². The highest BCUT2D eigenvalue weighted by molar-refractivity contribution is 14.1. The predicted molar refractivity (Wildman–Crippen MR) is 293 cm³/mol. The molecule has 0 fully saturated rings. The number of Topliss-reactive ketones (excluding diaryl/α,β-unsaturated/α-hetero) is 1. The number of halogens is 1. The Morgan fingerprint density at radius 2 is 1.46 bits per heavy atom. The highest BCUT2D eigenvalue weighted by atomic mass is 127. The van der Waals surface area contributed by atoms with Gasteiger partial charge in [0.25, 0.3) is 0 Å². The van der Waals surface area contributed by atoms with Gasteiger partial charge < -0.3 is 37.3 Å². The van der Waals surface area contributed by atoms with E-state index in [0.29, 0.717) is 25.7 Å². The van der Waals surface area contributed by atoms with Gasteiger partial charge >= 0.3 is 5.97 Å². The number of rotatable bonds is 21. The average Bonchev–Trinajstić information content (AvgIpc) is 3.30. The lowest BCUT2D eigenvalue weighted by Crippen LogP contribution is -2.50. The Labute approximate surface area is 431 Å². The van der Waals surface area contributed by atoms with E-state index in [-0.39, 0.29) is 95.2 Å². The van der Waals surface area contributed by atoms with Gasteiger partial charge in [0.1, 0.15) is 11.9 Å². The van der Waals surface area contributed by atoms with Crippen LogP contribution in [0.2, 0.25) is 36.3 Å². The van der Waals surface area contributed by atoms with Crippen LogP contribution in [0.1, 0.15) is 135 Å². The zero-order valence-electron chi connectivity index (χ0n) is 46.2. The number of fused-ring (bicyclic) bond motifs is 2. The van der Waals surface area contributed by atoms with Crippen molar-refractivity contribution in [3.05, 3.63) is 46.1 Å². The second kappa shape index (κ2) is 30.2. The fourth-order valence-electron chi connectivity index (χ4n) is 10.3. The van der Waals surface area contributed by atoms with E-state index in [1.54, 1.807) is 34.5 Å². The van der Waals surface area contributed by atoms with Gasteiger partial charge in [0.15, 0.2) is 16.6 Å². The normalized spacial score (nSPS) is 30.6. The zero-order chi connectivity index (χ0) is 51.6. The van der Waals surface area contributed by atoms with Crippen molar-refractivity contribution >= 4 is 51.0 Å². The van der Waals surface area contributed by atoms with E-state index in [1.165, 1.54) is 0 Å². The first-order valence-corrected chi connectivity index (χ1v) is 32.7. The molecule has 0 unspecified atom stereocenters. The summed E-state index contributed by atoms with van der Waals surface area (Å²) < 4.78 is 55.0. The Balaban J connectivity index is 2.74. The molecule has 0 spiro atoms. The third-order valence-electron chi connectivity index (χ3n) is 16.4. The molecule has 0 aromatic carbocycles. The van der Waals surface area contributed by atoms with Gasteiger partial charge in [0, 0.05) is 89.8 Å².